The zero-order valence-electron chi connectivity index (χ0n) is 12.8. The SMILES string of the molecule is C[C@H](Cc1ccc2ccoc2c1)N(C)[S@+]([O-])C(C)(C)C. The van der Waals surface area contributed by atoms with Crippen molar-refractivity contribution in [2.45, 2.75) is 44.9 Å². The Morgan fingerprint density at radius 2 is 2.00 bits per heavy atom. The van der Waals surface area contributed by atoms with Gasteiger partial charge >= 0.3 is 0 Å². The number of fused-ring (bicyclic) bond motifs is 1. The first-order valence-corrected chi connectivity index (χ1v) is 8.00. The molecule has 1 heterocycles. The third-order valence-electron chi connectivity index (χ3n) is 3.46. The zero-order chi connectivity index (χ0) is 14.9. The molecule has 110 valence electrons. The fraction of sp³-hybridized carbons (Fsp3) is 0.500. The standard InChI is InChI=1S/C16H23NO2S/c1-12(17(5)20(18)16(2,3)4)10-13-6-7-14-8-9-19-15(14)11-13/h6-9,11-12H,10H2,1-5H3/t12-,20-/m1/s1. The van der Waals surface area contributed by atoms with Gasteiger partial charge in [0.05, 0.1) is 12.3 Å². The minimum absolute atomic E-state index is 0.211. The van der Waals surface area contributed by atoms with E-state index >= 15 is 0 Å². The Labute approximate surface area is 124 Å². The lowest BCUT2D eigenvalue weighted by Gasteiger charge is -2.33. The van der Waals surface area contributed by atoms with Crippen molar-refractivity contribution < 1.29 is 8.97 Å². The lowest BCUT2D eigenvalue weighted by atomic mass is 10.1. The number of rotatable bonds is 4. The molecule has 2 aromatic rings. The zero-order valence-corrected chi connectivity index (χ0v) is 13.7. The Kier molecular flexibility index (Phi) is 4.47. The number of nitrogens with zero attached hydrogens (tertiary/aromatic N) is 1. The molecule has 2 rings (SSSR count). The monoisotopic (exact) mass is 293 g/mol. The van der Waals surface area contributed by atoms with Crippen LogP contribution >= 0.6 is 0 Å². The molecule has 1 aromatic carbocycles. The highest BCUT2D eigenvalue weighted by Gasteiger charge is 2.33. The van der Waals surface area contributed by atoms with Crippen LogP contribution < -0.4 is 0 Å². The molecule has 0 saturated carbocycles. The molecule has 1 aromatic heterocycles. The summed E-state index contributed by atoms with van der Waals surface area (Å²) in [5, 5.41) is 1.12. The number of benzene rings is 1. The van der Waals surface area contributed by atoms with E-state index in [1.807, 2.05) is 38.2 Å². The normalized spacial score (nSPS) is 15.8. The van der Waals surface area contributed by atoms with E-state index in [1.165, 1.54) is 5.56 Å². The van der Waals surface area contributed by atoms with Gasteiger partial charge in [-0.25, -0.2) is 0 Å². The van der Waals surface area contributed by atoms with Crippen LogP contribution in [-0.4, -0.2) is 26.7 Å². The largest absolute Gasteiger partial charge is 0.598 e. The molecule has 3 nitrogen and oxygen atoms in total. The van der Waals surface area contributed by atoms with Gasteiger partial charge in [0.2, 0.25) is 0 Å². The molecule has 0 aliphatic heterocycles. The van der Waals surface area contributed by atoms with Gasteiger partial charge in [-0.15, -0.1) is 4.31 Å². The molecule has 0 spiro atoms. The van der Waals surface area contributed by atoms with Crippen LogP contribution in [0.4, 0.5) is 0 Å². The molecule has 0 radical (unpaired) electrons. The van der Waals surface area contributed by atoms with E-state index in [-0.39, 0.29) is 10.8 Å². The minimum Gasteiger partial charge on any atom is -0.598 e. The summed E-state index contributed by atoms with van der Waals surface area (Å²) >= 11 is -0.995. The fourth-order valence-corrected chi connectivity index (χ4v) is 3.46. The van der Waals surface area contributed by atoms with Gasteiger partial charge in [0.15, 0.2) is 0 Å². The average Bonchev–Trinajstić information content (AvgIpc) is 2.83. The van der Waals surface area contributed by atoms with Crippen LogP contribution in [0.5, 0.6) is 0 Å². The van der Waals surface area contributed by atoms with Crippen molar-refractivity contribution in [3.05, 3.63) is 36.1 Å². The second-order valence-corrected chi connectivity index (χ2v) is 8.55. The van der Waals surface area contributed by atoms with Crippen LogP contribution in [-0.2, 0) is 17.8 Å². The van der Waals surface area contributed by atoms with E-state index in [2.05, 4.69) is 25.1 Å². The molecule has 0 unspecified atom stereocenters. The number of likely N-dealkylation sites (N-methyl/N-ethyl adjacent to an activating group) is 1. The van der Waals surface area contributed by atoms with Crippen LogP contribution in [0, 0.1) is 0 Å². The van der Waals surface area contributed by atoms with Crippen molar-refractivity contribution in [3.8, 4) is 0 Å². The Morgan fingerprint density at radius 3 is 2.65 bits per heavy atom. The molecular formula is C16H23NO2S. The van der Waals surface area contributed by atoms with Crippen molar-refractivity contribution in [1.29, 1.82) is 0 Å². The van der Waals surface area contributed by atoms with Crippen molar-refractivity contribution in [2.75, 3.05) is 7.05 Å². The number of furan rings is 1. The quantitative estimate of drug-likeness (QED) is 0.806. The first kappa shape index (κ1) is 15.4. The van der Waals surface area contributed by atoms with E-state index in [0.717, 1.165) is 17.4 Å². The Morgan fingerprint density at radius 1 is 1.30 bits per heavy atom. The summed E-state index contributed by atoms with van der Waals surface area (Å²) in [6.07, 6.45) is 2.56. The van der Waals surface area contributed by atoms with Crippen molar-refractivity contribution in [1.82, 2.24) is 4.31 Å². The van der Waals surface area contributed by atoms with E-state index in [9.17, 15) is 4.55 Å². The van der Waals surface area contributed by atoms with E-state index in [4.69, 9.17) is 4.42 Å². The highest BCUT2D eigenvalue weighted by molar-refractivity contribution is 7.90. The molecule has 4 heteroatoms. The molecule has 0 aliphatic carbocycles. The molecule has 2 atom stereocenters. The van der Waals surface area contributed by atoms with Gasteiger partial charge in [0.25, 0.3) is 0 Å². The Bertz CT molecular complexity index is 573. The first-order valence-electron chi connectivity index (χ1n) is 6.90. The van der Waals surface area contributed by atoms with Crippen LogP contribution in [0.2, 0.25) is 0 Å². The highest BCUT2D eigenvalue weighted by atomic mass is 32.2. The van der Waals surface area contributed by atoms with Crippen LogP contribution in [0.1, 0.15) is 33.3 Å². The second-order valence-electron chi connectivity index (χ2n) is 6.25. The Balaban J connectivity index is 2.08. The minimum atomic E-state index is -0.995. The molecule has 0 N–H and O–H groups in total. The summed E-state index contributed by atoms with van der Waals surface area (Å²) in [4.78, 5) is 0. The molecule has 0 fully saturated rings. The summed E-state index contributed by atoms with van der Waals surface area (Å²) in [5.41, 5.74) is 2.12. The molecule has 0 bridgehead atoms. The maximum absolute atomic E-state index is 12.4. The molecule has 0 amide bonds. The van der Waals surface area contributed by atoms with Gasteiger partial charge < -0.3 is 8.97 Å². The van der Waals surface area contributed by atoms with Crippen molar-refractivity contribution in [3.63, 3.8) is 0 Å². The van der Waals surface area contributed by atoms with Crippen molar-refractivity contribution >= 4 is 22.3 Å². The van der Waals surface area contributed by atoms with Crippen LogP contribution in [0.25, 0.3) is 11.0 Å². The number of hydrogen-bond acceptors (Lipinski definition) is 3. The summed E-state index contributed by atoms with van der Waals surface area (Å²) in [6, 6.07) is 8.43. The third kappa shape index (κ3) is 3.37. The van der Waals surface area contributed by atoms with Gasteiger partial charge in [-0.3, -0.25) is 0 Å². The molecular weight excluding hydrogens is 270 g/mol. The highest BCUT2D eigenvalue weighted by Crippen LogP contribution is 2.23. The summed E-state index contributed by atoms with van der Waals surface area (Å²) in [7, 11) is 1.93. The molecule has 20 heavy (non-hydrogen) atoms. The van der Waals surface area contributed by atoms with Crippen LogP contribution in [0.3, 0.4) is 0 Å². The Hall–Kier alpha value is -0.970. The molecule has 0 aliphatic rings. The predicted molar refractivity (Wildman–Crippen MR) is 85.0 cm³/mol. The average molecular weight is 293 g/mol. The first-order chi connectivity index (χ1) is 9.29. The smallest absolute Gasteiger partial charge is 0.137 e. The van der Waals surface area contributed by atoms with E-state index in [1.54, 1.807) is 6.26 Å². The maximum atomic E-state index is 12.4. The van der Waals surface area contributed by atoms with Gasteiger partial charge in [0.1, 0.15) is 10.3 Å². The van der Waals surface area contributed by atoms with Gasteiger partial charge in [-0.05, 0) is 51.8 Å². The predicted octanol–water partition coefficient (Wildman–Crippen LogP) is 3.76. The van der Waals surface area contributed by atoms with Gasteiger partial charge in [-0.1, -0.05) is 12.1 Å². The van der Waals surface area contributed by atoms with Crippen LogP contribution in [0.15, 0.2) is 34.9 Å². The lowest BCUT2D eigenvalue weighted by molar-refractivity contribution is 0.372. The molecule has 0 saturated heterocycles. The van der Waals surface area contributed by atoms with E-state index < -0.39 is 11.4 Å². The summed E-state index contributed by atoms with van der Waals surface area (Å²) < 4.78 is 19.5. The van der Waals surface area contributed by atoms with E-state index in [0.29, 0.717) is 0 Å². The number of hydrogen-bond donors (Lipinski definition) is 0. The maximum Gasteiger partial charge on any atom is 0.137 e. The van der Waals surface area contributed by atoms with Gasteiger partial charge in [-0.2, -0.15) is 0 Å². The topological polar surface area (TPSA) is 39.4 Å². The van der Waals surface area contributed by atoms with Gasteiger partial charge in [0, 0.05) is 23.8 Å². The summed E-state index contributed by atoms with van der Waals surface area (Å²) in [5.74, 6) is 0. The summed E-state index contributed by atoms with van der Waals surface area (Å²) in [6.45, 7) is 8.11. The second kappa shape index (κ2) is 5.80. The fourth-order valence-electron chi connectivity index (χ4n) is 2.19. The lowest BCUT2D eigenvalue weighted by Crippen LogP contribution is -2.45. The third-order valence-corrected chi connectivity index (χ3v) is 5.39. The van der Waals surface area contributed by atoms with Crippen molar-refractivity contribution in [2.24, 2.45) is 0 Å².